The summed E-state index contributed by atoms with van der Waals surface area (Å²) in [6, 6.07) is 13.4. The Morgan fingerprint density at radius 3 is 2.46 bits per heavy atom. The molecule has 0 spiro atoms. The number of benzene rings is 2. The number of hydrogen-bond acceptors (Lipinski definition) is 2. The third kappa shape index (κ3) is 4.18. The van der Waals surface area contributed by atoms with Gasteiger partial charge in [-0.25, -0.2) is 4.98 Å². The minimum atomic E-state index is -0.336. The smallest absolute Gasteiger partial charge is 0.245 e. The van der Waals surface area contributed by atoms with E-state index in [0.717, 1.165) is 35.4 Å². The van der Waals surface area contributed by atoms with Crippen molar-refractivity contribution in [1.82, 2.24) is 14.5 Å². The summed E-state index contributed by atoms with van der Waals surface area (Å²) in [4.78, 5) is 19.8. The maximum Gasteiger partial charge on any atom is 0.245 e. The molecule has 4 nitrogen and oxygen atoms in total. The van der Waals surface area contributed by atoms with Crippen molar-refractivity contribution >= 4 is 40.1 Å². The molecule has 0 aliphatic heterocycles. The van der Waals surface area contributed by atoms with Crippen molar-refractivity contribution in [1.29, 1.82) is 0 Å². The SMILES string of the molecule is CCCN(C)C(=O)[C@H](CC)n1c(Cc2ccccc2)nc2cc(Cl)c(Cl)cc21. The van der Waals surface area contributed by atoms with E-state index in [-0.39, 0.29) is 11.9 Å². The first kappa shape index (κ1) is 20.7. The Balaban J connectivity index is 2.15. The Labute approximate surface area is 176 Å². The van der Waals surface area contributed by atoms with Crippen molar-refractivity contribution < 1.29 is 4.79 Å². The van der Waals surface area contributed by atoms with Crippen molar-refractivity contribution in [3.8, 4) is 0 Å². The molecule has 0 radical (unpaired) electrons. The highest BCUT2D eigenvalue weighted by Gasteiger charge is 2.27. The molecule has 0 saturated heterocycles. The lowest BCUT2D eigenvalue weighted by Gasteiger charge is -2.25. The molecule has 3 aromatic rings. The summed E-state index contributed by atoms with van der Waals surface area (Å²) in [5.74, 6) is 0.925. The van der Waals surface area contributed by atoms with Crippen LogP contribution in [-0.2, 0) is 11.2 Å². The van der Waals surface area contributed by atoms with Crippen LogP contribution in [0.3, 0.4) is 0 Å². The van der Waals surface area contributed by atoms with Gasteiger partial charge < -0.3 is 9.47 Å². The molecule has 0 aliphatic carbocycles. The fourth-order valence-corrected chi connectivity index (χ4v) is 3.87. The zero-order valence-corrected chi connectivity index (χ0v) is 18.0. The van der Waals surface area contributed by atoms with E-state index in [1.54, 1.807) is 11.0 Å². The van der Waals surface area contributed by atoms with Crippen LogP contribution in [0.15, 0.2) is 42.5 Å². The molecule has 1 amide bonds. The molecule has 6 heteroatoms. The summed E-state index contributed by atoms with van der Waals surface area (Å²) >= 11 is 12.5. The number of rotatable bonds is 7. The van der Waals surface area contributed by atoms with Gasteiger partial charge in [0.2, 0.25) is 5.91 Å². The van der Waals surface area contributed by atoms with Crippen molar-refractivity contribution in [3.63, 3.8) is 0 Å². The number of hydrogen-bond donors (Lipinski definition) is 0. The molecular weight excluding hydrogens is 393 g/mol. The minimum absolute atomic E-state index is 0.0871. The van der Waals surface area contributed by atoms with Crippen LogP contribution in [0.2, 0.25) is 10.0 Å². The predicted octanol–water partition coefficient (Wildman–Crippen LogP) is 5.75. The number of amides is 1. The van der Waals surface area contributed by atoms with Gasteiger partial charge in [0, 0.05) is 20.0 Å². The van der Waals surface area contributed by atoms with E-state index in [1.165, 1.54) is 0 Å². The molecule has 0 N–H and O–H groups in total. The molecule has 0 bridgehead atoms. The third-order valence-corrected chi connectivity index (χ3v) is 5.65. The molecule has 28 heavy (non-hydrogen) atoms. The molecule has 3 rings (SSSR count). The van der Waals surface area contributed by atoms with Gasteiger partial charge in [-0.05, 0) is 30.5 Å². The van der Waals surface area contributed by atoms with E-state index in [9.17, 15) is 4.79 Å². The number of fused-ring (bicyclic) bond motifs is 1. The molecule has 148 valence electrons. The largest absolute Gasteiger partial charge is 0.344 e. The number of likely N-dealkylation sites (N-methyl/N-ethyl adjacent to an activating group) is 1. The van der Waals surface area contributed by atoms with Crippen LogP contribution in [0.5, 0.6) is 0 Å². The highest BCUT2D eigenvalue weighted by molar-refractivity contribution is 6.42. The van der Waals surface area contributed by atoms with E-state index >= 15 is 0 Å². The van der Waals surface area contributed by atoms with Crippen molar-refractivity contribution in [2.45, 2.75) is 39.2 Å². The van der Waals surface area contributed by atoms with Gasteiger partial charge in [-0.15, -0.1) is 0 Å². The molecular formula is C22H25Cl2N3O. The second kappa shape index (κ2) is 8.97. The molecule has 1 aromatic heterocycles. The first-order valence-electron chi connectivity index (χ1n) is 9.61. The topological polar surface area (TPSA) is 38.1 Å². The van der Waals surface area contributed by atoms with Crippen LogP contribution in [0.4, 0.5) is 0 Å². The maximum absolute atomic E-state index is 13.2. The summed E-state index contributed by atoms with van der Waals surface area (Å²) < 4.78 is 2.04. The predicted molar refractivity (Wildman–Crippen MR) is 116 cm³/mol. The highest BCUT2D eigenvalue weighted by Crippen LogP contribution is 2.32. The van der Waals surface area contributed by atoms with Crippen LogP contribution in [0, 0.1) is 0 Å². The average Bonchev–Trinajstić information content (AvgIpc) is 3.00. The first-order chi connectivity index (χ1) is 13.5. The number of carbonyl (C=O) groups is 1. The van der Waals surface area contributed by atoms with E-state index in [4.69, 9.17) is 28.2 Å². The summed E-state index contributed by atoms with van der Waals surface area (Å²) in [6.45, 7) is 4.82. The molecule has 1 atom stereocenters. The van der Waals surface area contributed by atoms with Crippen molar-refractivity contribution in [2.75, 3.05) is 13.6 Å². The van der Waals surface area contributed by atoms with Gasteiger partial charge in [-0.2, -0.15) is 0 Å². The highest BCUT2D eigenvalue weighted by atomic mass is 35.5. The van der Waals surface area contributed by atoms with Gasteiger partial charge in [-0.3, -0.25) is 4.79 Å². The number of aromatic nitrogens is 2. The molecule has 1 heterocycles. The zero-order valence-electron chi connectivity index (χ0n) is 16.5. The van der Waals surface area contributed by atoms with Crippen LogP contribution < -0.4 is 0 Å². The van der Waals surface area contributed by atoms with E-state index < -0.39 is 0 Å². The third-order valence-electron chi connectivity index (χ3n) is 4.93. The van der Waals surface area contributed by atoms with Gasteiger partial charge in [-0.1, -0.05) is 67.4 Å². The maximum atomic E-state index is 13.2. The van der Waals surface area contributed by atoms with Crippen LogP contribution >= 0.6 is 23.2 Å². The lowest BCUT2D eigenvalue weighted by Crippen LogP contribution is -2.35. The first-order valence-corrected chi connectivity index (χ1v) is 10.4. The summed E-state index contributed by atoms with van der Waals surface area (Å²) in [6.07, 6.45) is 2.22. The van der Waals surface area contributed by atoms with E-state index in [0.29, 0.717) is 22.9 Å². The quantitative estimate of drug-likeness (QED) is 0.490. The van der Waals surface area contributed by atoms with Gasteiger partial charge in [0.05, 0.1) is 21.1 Å². The fraction of sp³-hybridized carbons (Fsp3) is 0.364. The number of halogens is 2. The Morgan fingerprint density at radius 2 is 1.82 bits per heavy atom. The summed E-state index contributed by atoms with van der Waals surface area (Å²) in [5, 5.41) is 0.929. The Kier molecular flexibility index (Phi) is 6.63. The molecule has 2 aromatic carbocycles. The molecule has 0 fully saturated rings. The Morgan fingerprint density at radius 1 is 1.14 bits per heavy atom. The van der Waals surface area contributed by atoms with Crippen molar-refractivity contribution in [3.05, 3.63) is 63.9 Å². The monoisotopic (exact) mass is 417 g/mol. The number of carbonyl (C=O) groups excluding carboxylic acids is 1. The van der Waals surface area contributed by atoms with Crippen LogP contribution in [0.25, 0.3) is 11.0 Å². The summed E-state index contributed by atoms with van der Waals surface area (Å²) in [7, 11) is 1.86. The zero-order chi connectivity index (χ0) is 20.3. The molecule has 0 saturated carbocycles. The normalized spacial score (nSPS) is 12.3. The Bertz CT molecular complexity index is 969. The van der Waals surface area contributed by atoms with Gasteiger partial charge in [0.25, 0.3) is 0 Å². The second-order valence-electron chi connectivity index (χ2n) is 7.00. The number of nitrogens with zero attached hydrogens (tertiary/aromatic N) is 3. The van der Waals surface area contributed by atoms with Gasteiger partial charge >= 0.3 is 0 Å². The number of imidazole rings is 1. The standard InChI is InChI=1S/C22H25Cl2N3O/c1-4-11-26(3)22(28)19(5-2)27-20-14-17(24)16(23)13-18(20)25-21(27)12-15-9-7-6-8-10-15/h6-10,13-14,19H,4-5,11-12H2,1-3H3/t19-/m0/s1. The van der Waals surface area contributed by atoms with Gasteiger partial charge in [0.1, 0.15) is 11.9 Å². The molecule has 0 unspecified atom stereocenters. The van der Waals surface area contributed by atoms with E-state index in [2.05, 4.69) is 19.1 Å². The fourth-order valence-electron chi connectivity index (χ4n) is 3.56. The lowest BCUT2D eigenvalue weighted by atomic mass is 10.1. The minimum Gasteiger partial charge on any atom is -0.344 e. The Hall–Kier alpha value is -2.04. The molecule has 0 aliphatic rings. The second-order valence-corrected chi connectivity index (χ2v) is 7.81. The van der Waals surface area contributed by atoms with Crippen molar-refractivity contribution in [2.24, 2.45) is 0 Å². The summed E-state index contributed by atoms with van der Waals surface area (Å²) in [5.41, 5.74) is 2.73. The van der Waals surface area contributed by atoms with Crippen LogP contribution in [0.1, 0.15) is 44.1 Å². The average molecular weight is 418 g/mol. The van der Waals surface area contributed by atoms with Crippen LogP contribution in [-0.4, -0.2) is 34.0 Å². The van der Waals surface area contributed by atoms with E-state index in [1.807, 2.05) is 42.8 Å². The lowest BCUT2D eigenvalue weighted by molar-refractivity contribution is -0.133. The van der Waals surface area contributed by atoms with Gasteiger partial charge in [0.15, 0.2) is 0 Å².